The average Bonchev–Trinajstić information content (AvgIpc) is 2.57. The van der Waals surface area contributed by atoms with E-state index in [1.165, 1.54) is 12.7 Å². The van der Waals surface area contributed by atoms with E-state index in [-0.39, 0.29) is 5.97 Å². The molecule has 0 saturated carbocycles. The lowest BCUT2D eigenvalue weighted by molar-refractivity contribution is -0.138. The minimum Gasteiger partial charge on any atom is -0.468 e. The lowest BCUT2D eigenvalue weighted by Gasteiger charge is -2.17. The zero-order valence-electron chi connectivity index (χ0n) is 9.06. The van der Waals surface area contributed by atoms with Crippen LogP contribution in [-0.2, 0) is 9.53 Å². The quantitative estimate of drug-likeness (QED) is 0.689. The molecule has 0 aromatic heterocycles. The van der Waals surface area contributed by atoms with Gasteiger partial charge in [-0.25, -0.2) is 0 Å². The van der Waals surface area contributed by atoms with Crippen LogP contribution in [0.15, 0.2) is 24.3 Å². The topological polar surface area (TPSA) is 29.5 Å². The van der Waals surface area contributed by atoms with Crippen molar-refractivity contribution in [3.05, 3.63) is 29.8 Å². The van der Waals surface area contributed by atoms with Gasteiger partial charge in [0.05, 0.1) is 7.11 Å². The van der Waals surface area contributed by atoms with E-state index in [0.717, 1.165) is 12.2 Å². The van der Waals surface area contributed by atoms with Gasteiger partial charge in [-0.1, -0.05) is 25.1 Å². The first-order chi connectivity index (χ1) is 7.22. The zero-order chi connectivity index (χ0) is 10.8. The molecule has 0 bridgehead atoms. The van der Waals surface area contributed by atoms with E-state index in [9.17, 15) is 4.79 Å². The monoisotopic (exact) mass is 205 g/mol. The average molecular weight is 205 g/mol. The molecule has 0 spiro atoms. The second-order valence-corrected chi connectivity index (χ2v) is 3.92. The van der Waals surface area contributed by atoms with Gasteiger partial charge >= 0.3 is 5.97 Å². The summed E-state index contributed by atoms with van der Waals surface area (Å²) in [5.74, 6) is 0.310. The molecular formula is C12H15NO2. The minimum atomic E-state index is -0.182. The molecule has 1 heterocycles. The second kappa shape index (κ2) is 3.93. The van der Waals surface area contributed by atoms with E-state index in [0.29, 0.717) is 12.5 Å². The van der Waals surface area contributed by atoms with Gasteiger partial charge in [0.15, 0.2) is 0 Å². The zero-order valence-corrected chi connectivity index (χ0v) is 9.06. The van der Waals surface area contributed by atoms with E-state index < -0.39 is 0 Å². The number of para-hydroxylation sites is 1. The molecule has 1 aliphatic rings. The lowest BCUT2D eigenvalue weighted by Crippen LogP contribution is -2.29. The van der Waals surface area contributed by atoms with Crippen LogP contribution >= 0.6 is 0 Å². The van der Waals surface area contributed by atoms with Gasteiger partial charge in [0.25, 0.3) is 0 Å². The van der Waals surface area contributed by atoms with Crippen LogP contribution in [-0.4, -0.2) is 26.2 Å². The minimum absolute atomic E-state index is 0.182. The highest BCUT2D eigenvalue weighted by atomic mass is 16.5. The molecule has 1 atom stereocenters. The number of benzene rings is 1. The van der Waals surface area contributed by atoms with Crippen LogP contribution in [0.1, 0.15) is 18.4 Å². The first kappa shape index (κ1) is 10.0. The van der Waals surface area contributed by atoms with Crippen LogP contribution in [0.3, 0.4) is 0 Å². The van der Waals surface area contributed by atoms with Crippen molar-refractivity contribution < 1.29 is 9.53 Å². The molecule has 2 rings (SSSR count). The van der Waals surface area contributed by atoms with E-state index >= 15 is 0 Å². The molecule has 3 heteroatoms. The number of rotatable bonds is 2. The molecule has 1 aromatic carbocycles. The SMILES string of the molecule is COC(=O)CN1CC(C)c2ccccc21. The molecule has 0 amide bonds. The van der Waals surface area contributed by atoms with E-state index in [4.69, 9.17) is 0 Å². The van der Waals surface area contributed by atoms with Crippen molar-refractivity contribution in [2.45, 2.75) is 12.8 Å². The molecule has 0 aliphatic carbocycles. The van der Waals surface area contributed by atoms with Crippen molar-refractivity contribution in [1.82, 2.24) is 0 Å². The Labute approximate surface area is 89.7 Å². The molecule has 0 saturated heterocycles. The van der Waals surface area contributed by atoms with Crippen LogP contribution in [0.4, 0.5) is 5.69 Å². The van der Waals surface area contributed by atoms with Crippen molar-refractivity contribution in [2.75, 3.05) is 25.1 Å². The third kappa shape index (κ3) is 1.82. The van der Waals surface area contributed by atoms with E-state index in [1.807, 2.05) is 12.1 Å². The van der Waals surface area contributed by atoms with Gasteiger partial charge in [0.2, 0.25) is 0 Å². The van der Waals surface area contributed by atoms with Crippen molar-refractivity contribution in [2.24, 2.45) is 0 Å². The highest BCUT2D eigenvalue weighted by Crippen LogP contribution is 2.35. The predicted molar refractivity (Wildman–Crippen MR) is 59.1 cm³/mol. The van der Waals surface area contributed by atoms with Crippen LogP contribution in [0, 0.1) is 0 Å². The molecule has 15 heavy (non-hydrogen) atoms. The number of methoxy groups -OCH3 is 1. The second-order valence-electron chi connectivity index (χ2n) is 3.92. The fraction of sp³-hybridized carbons (Fsp3) is 0.417. The molecule has 1 aliphatic heterocycles. The highest BCUT2D eigenvalue weighted by Gasteiger charge is 2.26. The summed E-state index contributed by atoms with van der Waals surface area (Å²) >= 11 is 0. The number of anilines is 1. The molecular weight excluding hydrogens is 190 g/mol. The van der Waals surface area contributed by atoms with Crippen LogP contribution < -0.4 is 4.90 Å². The summed E-state index contributed by atoms with van der Waals surface area (Å²) in [7, 11) is 1.42. The Hall–Kier alpha value is -1.51. The van der Waals surface area contributed by atoms with Crippen molar-refractivity contribution in [3.63, 3.8) is 0 Å². The first-order valence-electron chi connectivity index (χ1n) is 5.13. The fourth-order valence-electron chi connectivity index (χ4n) is 2.09. The number of nitrogens with zero attached hydrogens (tertiary/aromatic N) is 1. The first-order valence-corrected chi connectivity index (χ1v) is 5.13. The molecule has 1 aromatic rings. The van der Waals surface area contributed by atoms with Crippen LogP contribution in [0.2, 0.25) is 0 Å². The van der Waals surface area contributed by atoms with Gasteiger partial charge in [-0.15, -0.1) is 0 Å². The molecule has 0 fully saturated rings. The third-order valence-corrected chi connectivity index (χ3v) is 2.85. The van der Waals surface area contributed by atoms with Gasteiger partial charge in [-0.05, 0) is 11.6 Å². The molecule has 0 N–H and O–H groups in total. The number of fused-ring (bicyclic) bond motifs is 1. The summed E-state index contributed by atoms with van der Waals surface area (Å²) in [6.07, 6.45) is 0. The Morgan fingerprint density at radius 3 is 3.00 bits per heavy atom. The molecule has 0 radical (unpaired) electrons. The normalized spacial score (nSPS) is 18.8. The summed E-state index contributed by atoms with van der Waals surface area (Å²) in [4.78, 5) is 13.3. The van der Waals surface area contributed by atoms with Crippen molar-refractivity contribution in [3.8, 4) is 0 Å². The number of hydrogen-bond acceptors (Lipinski definition) is 3. The number of esters is 1. The van der Waals surface area contributed by atoms with E-state index in [1.54, 1.807) is 0 Å². The maximum atomic E-state index is 11.2. The number of ether oxygens (including phenoxy) is 1. The standard InChI is InChI=1S/C12H15NO2/c1-9-7-13(8-12(14)15-2)11-6-4-3-5-10(9)11/h3-6,9H,7-8H2,1-2H3. The number of carbonyl (C=O) groups excluding carboxylic acids is 1. The van der Waals surface area contributed by atoms with E-state index in [2.05, 4.69) is 28.7 Å². The summed E-state index contributed by atoms with van der Waals surface area (Å²) in [6.45, 7) is 3.42. The van der Waals surface area contributed by atoms with Gasteiger partial charge in [0, 0.05) is 18.2 Å². The largest absolute Gasteiger partial charge is 0.468 e. The molecule has 3 nitrogen and oxygen atoms in total. The van der Waals surface area contributed by atoms with Gasteiger partial charge < -0.3 is 9.64 Å². The van der Waals surface area contributed by atoms with Crippen molar-refractivity contribution >= 4 is 11.7 Å². The predicted octanol–water partition coefficient (Wildman–Crippen LogP) is 1.78. The van der Waals surface area contributed by atoms with Crippen LogP contribution in [0.5, 0.6) is 0 Å². The van der Waals surface area contributed by atoms with Gasteiger partial charge in [-0.2, -0.15) is 0 Å². The van der Waals surface area contributed by atoms with Crippen molar-refractivity contribution in [1.29, 1.82) is 0 Å². The Bertz CT molecular complexity index is 376. The Morgan fingerprint density at radius 2 is 2.27 bits per heavy atom. The lowest BCUT2D eigenvalue weighted by atomic mass is 10.0. The molecule has 80 valence electrons. The smallest absolute Gasteiger partial charge is 0.325 e. The Kier molecular flexibility index (Phi) is 2.62. The summed E-state index contributed by atoms with van der Waals surface area (Å²) in [6, 6.07) is 8.22. The number of hydrogen-bond donors (Lipinski definition) is 0. The summed E-state index contributed by atoms with van der Waals surface area (Å²) in [5, 5.41) is 0. The van der Waals surface area contributed by atoms with Crippen LogP contribution in [0.25, 0.3) is 0 Å². The summed E-state index contributed by atoms with van der Waals surface area (Å²) < 4.78 is 4.68. The fourth-order valence-corrected chi connectivity index (χ4v) is 2.09. The Morgan fingerprint density at radius 1 is 1.53 bits per heavy atom. The summed E-state index contributed by atoms with van der Waals surface area (Å²) in [5.41, 5.74) is 2.48. The third-order valence-electron chi connectivity index (χ3n) is 2.85. The van der Waals surface area contributed by atoms with Gasteiger partial charge in [0.1, 0.15) is 6.54 Å². The Balaban J connectivity index is 2.21. The van der Waals surface area contributed by atoms with Gasteiger partial charge in [-0.3, -0.25) is 4.79 Å². The maximum Gasteiger partial charge on any atom is 0.325 e. The maximum absolute atomic E-state index is 11.2. The number of carbonyl (C=O) groups is 1. The molecule has 1 unspecified atom stereocenters. The highest BCUT2D eigenvalue weighted by molar-refractivity contribution is 5.77.